The van der Waals surface area contributed by atoms with Crippen molar-refractivity contribution >= 4 is 15.7 Å². The molecule has 0 bridgehead atoms. The van der Waals surface area contributed by atoms with Crippen LogP contribution in [-0.2, 0) is 10.0 Å². The molecule has 0 spiro atoms. The number of hydrogen-bond donors (Lipinski definition) is 1. The van der Waals surface area contributed by atoms with Crippen molar-refractivity contribution in [1.29, 1.82) is 0 Å². The minimum Gasteiger partial charge on any atom is -0.261 e. The first-order chi connectivity index (χ1) is 9.29. The Bertz CT molecular complexity index is 792. The molecule has 0 saturated heterocycles. The molecule has 0 atom stereocenters. The van der Waals surface area contributed by atoms with E-state index < -0.39 is 31.3 Å². The van der Waals surface area contributed by atoms with Crippen LogP contribution in [0.2, 0.25) is 0 Å². The van der Waals surface area contributed by atoms with Gasteiger partial charge in [-0.1, -0.05) is 0 Å². The minimum atomic E-state index is -4.21. The summed E-state index contributed by atoms with van der Waals surface area (Å²) in [5.41, 5.74) is -0.226. The van der Waals surface area contributed by atoms with E-state index in [-0.39, 0.29) is 11.1 Å². The number of benzene rings is 1. The van der Waals surface area contributed by atoms with Gasteiger partial charge in [0.25, 0.3) is 5.69 Å². The van der Waals surface area contributed by atoms with E-state index in [1.165, 1.54) is 12.3 Å². The molecule has 7 nitrogen and oxygen atoms in total. The van der Waals surface area contributed by atoms with Gasteiger partial charge in [0.05, 0.1) is 16.0 Å². The number of sulfonamides is 1. The van der Waals surface area contributed by atoms with Gasteiger partial charge in [-0.3, -0.25) is 15.1 Å². The van der Waals surface area contributed by atoms with E-state index in [9.17, 15) is 22.9 Å². The van der Waals surface area contributed by atoms with Gasteiger partial charge in [-0.2, -0.15) is 0 Å². The first kappa shape index (κ1) is 14.0. The molecule has 0 aliphatic carbocycles. The number of pyridine rings is 1. The van der Waals surface area contributed by atoms with Crippen molar-refractivity contribution in [1.82, 2.24) is 4.98 Å². The number of nitrogens with zero attached hydrogens (tertiary/aromatic N) is 2. The normalized spacial score (nSPS) is 11.3. The standard InChI is InChI=1S/C11H8FN3O4S/c12-8-3-7(5-14-6-8)10-2-1-9(15(16)17)4-11(10)20(13,18)19/h1-6H,(H2,13,18,19). The van der Waals surface area contributed by atoms with Crippen LogP contribution in [0.25, 0.3) is 11.1 Å². The highest BCUT2D eigenvalue weighted by Gasteiger charge is 2.20. The first-order valence-electron chi connectivity index (χ1n) is 5.21. The highest BCUT2D eigenvalue weighted by Crippen LogP contribution is 2.29. The minimum absolute atomic E-state index is 0.0464. The monoisotopic (exact) mass is 297 g/mol. The third-order valence-corrected chi connectivity index (χ3v) is 3.45. The Morgan fingerprint density at radius 2 is 1.95 bits per heavy atom. The van der Waals surface area contributed by atoms with Crippen LogP contribution in [0.5, 0.6) is 0 Å². The Morgan fingerprint density at radius 1 is 1.25 bits per heavy atom. The van der Waals surface area contributed by atoms with E-state index in [0.29, 0.717) is 0 Å². The summed E-state index contributed by atoms with van der Waals surface area (Å²) in [6, 6.07) is 4.18. The van der Waals surface area contributed by atoms with Crippen LogP contribution in [0.1, 0.15) is 0 Å². The zero-order chi connectivity index (χ0) is 14.9. The van der Waals surface area contributed by atoms with Crippen molar-refractivity contribution in [2.24, 2.45) is 5.14 Å². The molecule has 1 aromatic carbocycles. The van der Waals surface area contributed by atoms with Gasteiger partial charge in [-0.05, 0) is 12.1 Å². The molecule has 0 unspecified atom stereocenters. The van der Waals surface area contributed by atoms with E-state index in [4.69, 9.17) is 5.14 Å². The second kappa shape index (κ2) is 4.94. The number of rotatable bonds is 3. The van der Waals surface area contributed by atoms with E-state index >= 15 is 0 Å². The van der Waals surface area contributed by atoms with Gasteiger partial charge in [0, 0.05) is 29.5 Å². The van der Waals surface area contributed by atoms with Crippen molar-refractivity contribution in [3.63, 3.8) is 0 Å². The second-order valence-electron chi connectivity index (χ2n) is 3.87. The fourth-order valence-electron chi connectivity index (χ4n) is 1.66. The number of nitro benzene ring substituents is 1. The number of aromatic nitrogens is 1. The summed E-state index contributed by atoms with van der Waals surface area (Å²) in [5, 5.41) is 15.7. The average Bonchev–Trinajstić information content (AvgIpc) is 2.37. The molecular weight excluding hydrogens is 289 g/mol. The molecule has 20 heavy (non-hydrogen) atoms. The van der Waals surface area contributed by atoms with Gasteiger partial charge < -0.3 is 0 Å². The zero-order valence-corrected chi connectivity index (χ0v) is 10.7. The van der Waals surface area contributed by atoms with Gasteiger partial charge >= 0.3 is 0 Å². The lowest BCUT2D eigenvalue weighted by atomic mass is 10.1. The molecule has 2 aromatic rings. The number of nitro groups is 1. The number of nitrogens with two attached hydrogens (primary N) is 1. The molecule has 0 amide bonds. The number of hydrogen-bond acceptors (Lipinski definition) is 5. The van der Waals surface area contributed by atoms with E-state index in [0.717, 1.165) is 24.4 Å². The van der Waals surface area contributed by atoms with Crippen molar-refractivity contribution in [2.75, 3.05) is 0 Å². The molecule has 9 heteroatoms. The average molecular weight is 297 g/mol. The summed E-state index contributed by atoms with van der Waals surface area (Å²) >= 11 is 0. The Kier molecular flexibility index (Phi) is 3.47. The van der Waals surface area contributed by atoms with Crippen molar-refractivity contribution in [3.05, 3.63) is 52.6 Å². The van der Waals surface area contributed by atoms with Crippen LogP contribution in [-0.4, -0.2) is 18.3 Å². The van der Waals surface area contributed by atoms with Gasteiger partial charge in [-0.15, -0.1) is 0 Å². The molecule has 0 aliphatic rings. The van der Waals surface area contributed by atoms with E-state index in [2.05, 4.69) is 4.98 Å². The maximum absolute atomic E-state index is 13.1. The predicted octanol–water partition coefficient (Wildman–Crippen LogP) is 1.44. The van der Waals surface area contributed by atoms with Gasteiger partial charge in [0.1, 0.15) is 5.82 Å². The summed E-state index contributed by atoms with van der Waals surface area (Å²) in [4.78, 5) is 13.1. The van der Waals surface area contributed by atoms with Crippen LogP contribution in [0.15, 0.2) is 41.6 Å². The number of primary sulfonamides is 1. The quantitative estimate of drug-likeness (QED) is 0.679. The summed E-state index contributed by atoms with van der Waals surface area (Å²) in [6.45, 7) is 0. The molecule has 2 rings (SSSR count). The molecule has 0 fully saturated rings. The third-order valence-electron chi connectivity index (χ3n) is 2.50. The highest BCUT2D eigenvalue weighted by molar-refractivity contribution is 7.89. The predicted molar refractivity (Wildman–Crippen MR) is 67.7 cm³/mol. The van der Waals surface area contributed by atoms with Crippen molar-refractivity contribution in [2.45, 2.75) is 4.90 Å². The van der Waals surface area contributed by atoms with Gasteiger partial charge in [0.15, 0.2) is 0 Å². The van der Waals surface area contributed by atoms with Crippen LogP contribution >= 0.6 is 0 Å². The Morgan fingerprint density at radius 3 is 2.50 bits per heavy atom. The summed E-state index contributed by atoms with van der Waals surface area (Å²) < 4.78 is 36.2. The molecule has 0 saturated carbocycles. The molecule has 1 aromatic heterocycles. The van der Waals surface area contributed by atoms with Crippen LogP contribution in [0.4, 0.5) is 10.1 Å². The first-order valence-corrected chi connectivity index (χ1v) is 6.76. The van der Waals surface area contributed by atoms with Gasteiger partial charge in [0.2, 0.25) is 10.0 Å². The van der Waals surface area contributed by atoms with Crippen LogP contribution in [0.3, 0.4) is 0 Å². The topological polar surface area (TPSA) is 116 Å². The molecular formula is C11H8FN3O4S. The number of non-ortho nitro benzene ring substituents is 1. The molecule has 0 aliphatic heterocycles. The van der Waals surface area contributed by atoms with Gasteiger partial charge in [-0.25, -0.2) is 17.9 Å². The zero-order valence-electron chi connectivity index (χ0n) is 9.86. The number of halogens is 1. The lowest BCUT2D eigenvalue weighted by Gasteiger charge is -2.07. The van der Waals surface area contributed by atoms with E-state index in [1.54, 1.807) is 0 Å². The lowest BCUT2D eigenvalue weighted by molar-refractivity contribution is -0.385. The Balaban J connectivity index is 2.74. The Hall–Kier alpha value is -2.39. The SMILES string of the molecule is NS(=O)(=O)c1cc([N+](=O)[O-])ccc1-c1cncc(F)c1. The second-order valence-corrected chi connectivity index (χ2v) is 5.40. The van der Waals surface area contributed by atoms with Crippen molar-refractivity contribution < 1.29 is 17.7 Å². The van der Waals surface area contributed by atoms with E-state index in [1.807, 2.05) is 0 Å². The maximum atomic E-state index is 13.1. The summed E-state index contributed by atoms with van der Waals surface area (Å²) in [7, 11) is -4.21. The largest absolute Gasteiger partial charge is 0.270 e. The fourth-order valence-corrected chi connectivity index (χ4v) is 2.44. The smallest absolute Gasteiger partial charge is 0.261 e. The maximum Gasteiger partial charge on any atom is 0.270 e. The van der Waals surface area contributed by atoms with Crippen molar-refractivity contribution in [3.8, 4) is 11.1 Å². The van der Waals surface area contributed by atoms with Crippen LogP contribution < -0.4 is 5.14 Å². The molecule has 2 N–H and O–H groups in total. The lowest BCUT2D eigenvalue weighted by Crippen LogP contribution is -2.14. The molecule has 0 radical (unpaired) electrons. The summed E-state index contributed by atoms with van der Waals surface area (Å²) in [6.07, 6.45) is 2.18. The highest BCUT2D eigenvalue weighted by atomic mass is 32.2. The fraction of sp³-hybridized carbons (Fsp3) is 0. The Labute approximate surface area is 113 Å². The van der Waals surface area contributed by atoms with Crippen LogP contribution in [0, 0.1) is 15.9 Å². The third kappa shape index (κ3) is 2.78. The molecule has 1 heterocycles. The summed E-state index contributed by atoms with van der Waals surface area (Å²) in [5.74, 6) is -0.666. The molecule has 104 valence electrons.